The van der Waals surface area contributed by atoms with E-state index < -0.39 is 0 Å². The van der Waals surface area contributed by atoms with Gasteiger partial charge in [0.1, 0.15) is 0 Å². The van der Waals surface area contributed by atoms with E-state index in [9.17, 15) is 0 Å². The minimum absolute atomic E-state index is 1.01. The Morgan fingerprint density at radius 3 is 1.21 bits per heavy atom. The van der Waals surface area contributed by atoms with Crippen molar-refractivity contribution in [2.75, 3.05) is 0 Å². The summed E-state index contributed by atoms with van der Waals surface area (Å²) in [7, 11) is 0. The Morgan fingerprint density at radius 1 is 0.375 bits per heavy atom. The molecule has 0 heterocycles. The largest absolute Gasteiger partial charge is 0.0654 e. The molecule has 0 aromatic carbocycles. The summed E-state index contributed by atoms with van der Waals surface area (Å²) < 4.78 is 0. The molecule has 0 aliphatic heterocycles. The lowest BCUT2D eigenvalue weighted by Crippen LogP contribution is -2.14. The summed E-state index contributed by atoms with van der Waals surface area (Å²) in [4.78, 5) is 0. The average Bonchev–Trinajstić information content (AvgIpc) is 2.60. The lowest BCUT2D eigenvalue weighted by molar-refractivity contribution is 0.254. The minimum atomic E-state index is 1.01. The van der Waals surface area contributed by atoms with Crippen molar-refractivity contribution in [3.63, 3.8) is 0 Å². The van der Waals surface area contributed by atoms with E-state index in [0.29, 0.717) is 0 Å². The number of hydrogen-bond acceptors (Lipinski definition) is 0. The highest BCUT2D eigenvalue weighted by Crippen LogP contribution is 2.31. The van der Waals surface area contributed by atoms with Gasteiger partial charge in [-0.15, -0.1) is 0 Å². The van der Waals surface area contributed by atoms with Crippen molar-refractivity contribution in [2.45, 2.75) is 143 Å². The van der Waals surface area contributed by atoms with Crippen LogP contribution in [0.25, 0.3) is 0 Å². The third kappa shape index (κ3) is 14.4. The second-order valence-corrected chi connectivity index (χ2v) is 8.18. The molecular weight excluding hydrogens is 288 g/mol. The van der Waals surface area contributed by atoms with E-state index in [-0.39, 0.29) is 0 Å². The summed E-state index contributed by atoms with van der Waals surface area (Å²) in [6.45, 7) is 9.45. The predicted octanol–water partition coefficient (Wildman–Crippen LogP) is 9.32. The Morgan fingerprint density at radius 2 is 0.792 bits per heavy atom. The molecule has 0 radical (unpaired) electrons. The van der Waals surface area contributed by atoms with Gasteiger partial charge in [0.25, 0.3) is 0 Å². The molecule has 0 aromatic heterocycles. The monoisotopic (exact) mass is 338 g/mol. The smallest absolute Gasteiger partial charge is 0.0386 e. The maximum absolute atomic E-state index is 2.44. The van der Waals surface area contributed by atoms with E-state index in [1.54, 1.807) is 0 Å². The molecular formula is C24H50. The summed E-state index contributed by atoms with van der Waals surface area (Å²) in [5.41, 5.74) is 0. The molecule has 0 nitrogen and oxygen atoms in total. The molecule has 0 amide bonds. The van der Waals surface area contributed by atoms with Gasteiger partial charge in [0.15, 0.2) is 0 Å². The van der Waals surface area contributed by atoms with Crippen LogP contribution >= 0.6 is 0 Å². The van der Waals surface area contributed by atoms with Crippen molar-refractivity contribution in [3.05, 3.63) is 0 Å². The molecule has 0 N–H and O–H groups in total. The second kappa shape index (κ2) is 19.3. The van der Waals surface area contributed by atoms with E-state index in [1.807, 2.05) is 0 Å². The zero-order valence-electron chi connectivity index (χ0n) is 17.9. The first-order chi connectivity index (χ1) is 11.8. The van der Waals surface area contributed by atoms with Gasteiger partial charge >= 0.3 is 0 Å². The molecule has 24 heavy (non-hydrogen) atoms. The van der Waals surface area contributed by atoms with E-state index >= 15 is 0 Å². The van der Waals surface area contributed by atoms with E-state index in [1.165, 1.54) is 116 Å². The molecule has 0 heteroatoms. The lowest BCUT2D eigenvalue weighted by atomic mass is 9.80. The Balaban J connectivity index is 3.87. The highest BCUT2D eigenvalue weighted by atomic mass is 14.2. The number of hydrogen-bond donors (Lipinski definition) is 0. The van der Waals surface area contributed by atoms with Crippen molar-refractivity contribution >= 4 is 0 Å². The van der Waals surface area contributed by atoms with Crippen LogP contribution in [0.5, 0.6) is 0 Å². The van der Waals surface area contributed by atoms with Gasteiger partial charge in [-0.1, -0.05) is 143 Å². The van der Waals surface area contributed by atoms with Crippen LogP contribution in [-0.2, 0) is 0 Å². The van der Waals surface area contributed by atoms with Crippen molar-refractivity contribution in [2.24, 2.45) is 11.8 Å². The van der Waals surface area contributed by atoms with Gasteiger partial charge in [0.2, 0.25) is 0 Å². The average molecular weight is 339 g/mol. The van der Waals surface area contributed by atoms with E-state index in [2.05, 4.69) is 27.7 Å². The Bertz CT molecular complexity index is 220. The van der Waals surface area contributed by atoms with Crippen LogP contribution < -0.4 is 0 Å². The molecule has 0 saturated heterocycles. The van der Waals surface area contributed by atoms with E-state index in [0.717, 1.165) is 11.8 Å². The van der Waals surface area contributed by atoms with Crippen molar-refractivity contribution < 1.29 is 0 Å². The highest BCUT2D eigenvalue weighted by Gasteiger charge is 2.18. The second-order valence-electron chi connectivity index (χ2n) is 8.18. The normalized spacial score (nSPS) is 14.0. The molecule has 0 saturated carbocycles. The molecule has 0 aromatic rings. The molecule has 0 fully saturated rings. The summed E-state index contributed by atoms with van der Waals surface area (Å²) >= 11 is 0. The Kier molecular flexibility index (Phi) is 19.3. The number of rotatable bonds is 19. The van der Waals surface area contributed by atoms with Crippen molar-refractivity contribution in [3.8, 4) is 0 Å². The van der Waals surface area contributed by atoms with Crippen LogP contribution in [0.15, 0.2) is 0 Å². The van der Waals surface area contributed by atoms with Gasteiger partial charge in [0, 0.05) is 0 Å². The third-order valence-electron chi connectivity index (χ3n) is 5.96. The summed E-state index contributed by atoms with van der Waals surface area (Å²) in [5.74, 6) is 2.03. The maximum atomic E-state index is 2.44. The first kappa shape index (κ1) is 24.0. The predicted molar refractivity (Wildman–Crippen MR) is 113 cm³/mol. The van der Waals surface area contributed by atoms with Crippen LogP contribution in [0.3, 0.4) is 0 Å². The minimum Gasteiger partial charge on any atom is -0.0654 e. The molecule has 0 aliphatic rings. The van der Waals surface area contributed by atoms with Crippen molar-refractivity contribution in [1.29, 1.82) is 0 Å². The lowest BCUT2D eigenvalue weighted by Gasteiger charge is -2.26. The fourth-order valence-corrected chi connectivity index (χ4v) is 4.31. The zero-order valence-corrected chi connectivity index (χ0v) is 17.9. The van der Waals surface area contributed by atoms with Crippen LogP contribution in [-0.4, -0.2) is 0 Å². The Hall–Kier alpha value is 0. The van der Waals surface area contributed by atoms with Crippen LogP contribution in [0.4, 0.5) is 0 Å². The third-order valence-corrected chi connectivity index (χ3v) is 5.96. The van der Waals surface area contributed by atoms with Gasteiger partial charge in [-0.2, -0.15) is 0 Å². The quantitative estimate of drug-likeness (QED) is 0.206. The van der Waals surface area contributed by atoms with Gasteiger partial charge in [-0.25, -0.2) is 0 Å². The molecule has 2 atom stereocenters. The molecule has 2 unspecified atom stereocenters. The first-order valence-corrected chi connectivity index (χ1v) is 11.8. The first-order valence-electron chi connectivity index (χ1n) is 11.8. The standard InChI is InChI=1S/C24H50/c1-5-9-11-13-15-17-18-21-23(8-4)24(20-7-3)22-19-16-14-12-10-6-2/h23-24H,5-22H2,1-4H3. The zero-order chi connectivity index (χ0) is 17.9. The number of unbranched alkanes of at least 4 members (excludes halogenated alkanes) is 11. The Labute approximate surface area is 155 Å². The fraction of sp³-hybridized carbons (Fsp3) is 1.00. The van der Waals surface area contributed by atoms with Crippen LogP contribution in [0.2, 0.25) is 0 Å². The van der Waals surface area contributed by atoms with Gasteiger partial charge in [-0.3, -0.25) is 0 Å². The van der Waals surface area contributed by atoms with Crippen LogP contribution in [0.1, 0.15) is 143 Å². The van der Waals surface area contributed by atoms with Gasteiger partial charge in [0.05, 0.1) is 0 Å². The molecule has 0 spiro atoms. The molecule has 0 rings (SSSR count). The maximum Gasteiger partial charge on any atom is -0.0386 e. The summed E-state index contributed by atoms with van der Waals surface area (Å²) in [6, 6.07) is 0. The molecule has 146 valence electrons. The summed E-state index contributed by atoms with van der Waals surface area (Å²) in [5, 5.41) is 0. The van der Waals surface area contributed by atoms with Crippen molar-refractivity contribution in [1.82, 2.24) is 0 Å². The molecule has 0 aliphatic carbocycles. The fourth-order valence-electron chi connectivity index (χ4n) is 4.31. The van der Waals surface area contributed by atoms with Crippen LogP contribution in [0, 0.1) is 11.8 Å². The highest BCUT2D eigenvalue weighted by molar-refractivity contribution is 4.70. The van der Waals surface area contributed by atoms with Gasteiger partial charge < -0.3 is 0 Å². The van der Waals surface area contributed by atoms with Gasteiger partial charge in [-0.05, 0) is 11.8 Å². The topological polar surface area (TPSA) is 0 Å². The molecule has 0 bridgehead atoms. The summed E-state index contributed by atoms with van der Waals surface area (Å²) in [6.07, 6.45) is 26.2. The van der Waals surface area contributed by atoms with E-state index in [4.69, 9.17) is 0 Å². The SMILES string of the molecule is CCCCCCCCCC(CC)C(CCC)CCCCCCCC.